The van der Waals surface area contributed by atoms with Gasteiger partial charge in [0.15, 0.2) is 5.82 Å². The maximum Gasteiger partial charge on any atom is 0.156 e. The Morgan fingerprint density at radius 3 is 2.86 bits per heavy atom. The van der Waals surface area contributed by atoms with Crippen molar-refractivity contribution in [2.45, 2.75) is 16.4 Å². The predicted molar refractivity (Wildman–Crippen MR) is 55.0 cm³/mol. The van der Waals surface area contributed by atoms with Crippen molar-refractivity contribution in [1.29, 1.82) is 0 Å². The topological polar surface area (TPSA) is 84.1 Å². The number of aromatic nitrogens is 2. The minimum Gasteiger partial charge on any atom is -0.391 e. The third-order valence-corrected chi connectivity index (χ3v) is 3.40. The number of anilines is 1. The summed E-state index contributed by atoms with van der Waals surface area (Å²) in [7, 11) is 0. The van der Waals surface area contributed by atoms with Crippen LogP contribution in [0.1, 0.15) is 0 Å². The summed E-state index contributed by atoms with van der Waals surface area (Å²) in [5, 5.41) is 13.5. The first-order valence-electron chi connectivity index (χ1n) is 4.39. The normalized spacial score (nSPS) is 26.6. The molecular formula is C8H12N4OS. The SMILES string of the molecule is Nc1nccnc1SC1CNCC1O. The highest BCUT2D eigenvalue weighted by atomic mass is 32.2. The smallest absolute Gasteiger partial charge is 0.156 e. The second-order valence-electron chi connectivity index (χ2n) is 3.13. The molecule has 0 aliphatic carbocycles. The molecule has 1 aromatic rings. The molecular weight excluding hydrogens is 200 g/mol. The van der Waals surface area contributed by atoms with Gasteiger partial charge in [-0.05, 0) is 0 Å². The van der Waals surface area contributed by atoms with Gasteiger partial charge in [-0.3, -0.25) is 0 Å². The molecule has 1 aliphatic rings. The quantitative estimate of drug-likeness (QED) is 0.612. The molecule has 0 bridgehead atoms. The molecule has 0 saturated carbocycles. The minimum absolute atomic E-state index is 0.119. The van der Waals surface area contributed by atoms with Gasteiger partial charge in [0, 0.05) is 25.5 Å². The zero-order chi connectivity index (χ0) is 9.97. The van der Waals surface area contributed by atoms with Gasteiger partial charge in [0.1, 0.15) is 5.03 Å². The number of rotatable bonds is 2. The summed E-state index contributed by atoms with van der Waals surface area (Å²) in [5.74, 6) is 0.427. The average Bonchev–Trinajstić information content (AvgIpc) is 2.56. The highest BCUT2D eigenvalue weighted by Crippen LogP contribution is 2.28. The maximum atomic E-state index is 9.57. The van der Waals surface area contributed by atoms with E-state index >= 15 is 0 Å². The lowest BCUT2D eigenvalue weighted by Crippen LogP contribution is -2.20. The fourth-order valence-electron chi connectivity index (χ4n) is 1.33. The number of aliphatic hydroxyl groups excluding tert-OH is 1. The number of thioether (sulfide) groups is 1. The van der Waals surface area contributed by atoms with E-state index < -0.39 is 0 Å². The van der Waals surface area contributed by atoms with Gasteiger partial charge in [-0.25, -0.2) is 9.97 Å². The van der Waals surface area contributed by atoms with Gasteiger partial charge in [-0.15, -0.1) is 0 Å². The monoisotopic (exact) mass is 212 g/mol. The number of nitrogens with one attached hydrogen (secondary N) is 1. The van der Waals surface area contributed by atoms with E-state index in [2.05, 4.69) is 15.3 Å². The predicted octanol–water partition coefficient (Wildman–Crippen LogP) is -0.516. The lowest BCUT2D eigenvalue weighted by Gasteiger charge is -2.12. The molecule has 5 nitrogen and oxygen atoms in total. The van der Waals surface area contributed by atoms with E-state index in [1.807, 2.05) is 0 Å². The number of aliphatic hydroxyl groups is 1. The standard InChI is InChI=1S/C8H12N4OS/c9-7-8(12-2-1-11-7)14-6-4-10-3-5(6)13/h1-2,5-6,10,13H,3-4H2,(H2,9,11). The van der Waals surface area contributed by atoms with Gasteiger partial charge >= 0.3 is 0 Å². The van der Waals surface area contributed by atoms with Crippen LogP contribution in [0.15, 0.2) is 17.4 Å². The molecule has 2 unspecified atom stereocenters. The van der Waals surface area contributed by atoms with Crippen LogP contribution in [0, 0.1) is 0 Å². The second-order valence-corrected chi connectivity index (χ2v) is 4.36. The second kappa shape index (κ2) is 4.12. The molecule has 1 saturated heterocycles. The van der Waals surface area contributed by atoms with Gasteiger partial charge in [0.2, 0.25) is 0 Å². The first-order valence-corrected chi connectivity index (χ1v) is 5.27. The Hall–Kier alpha value is -0.850. The summed E-state index contributed by atoms with van der Waals surface area (Å²) < 4.78 is 0. The molecule has 0 spiro atoms. The third-order valence-electron chi connectivity index (χ3n) is 2.08. The summed E-state index contributed by atoms with van der Waals surface area (Å²) in [5.41, 5.74) is 5.65. The molecule has 76 valence electrons. The maximum absolute atomic E-state index is 9.57. The zero-order valence-electron chi connectivity index (χ0n) is 7.55. The van der Waals surface area contributed by atoms with Crippen molar-refractivity contribution < 1.29 is 5.11 Å². The Labute approximate surface area is 86.1 Å². The van der Waals surface area contributed by atoms with Crippen molar-refractivity contribution >= 4 is 17.6 Å². The summed E-state index contributed by atoms with van der Waals surface area (Å²) in [6.07, 6.45) is 2.83. The Morgan fingerprint density at radius 1 is 1.43 bits per heavy atom. The summed E-state index contributed by atoms with van der Waals surface area (Å²) in [6, 6.07) is 0. The number of hydrogen-bond donors (Lipinski definition) is 3. The van der Waals surface area contributed by atoms with Crippen LogP contribution in [0.25, 0.3) is 0 Å². The molecule has 0 radical (unpaired) electrons. The van der Waals surface area contributed by atoms with E-state index in [-0.39, 0.29) is 11.4 Å². The van der Waals surface area contributed by atoms with Gasteiger partial charge < -0.3 is 16.2 Å². The van der Waals surface area contributed by atoms with Crippen molar-refractivity contribution in [2.24, 2.45) is 0 Å². The van der Waals surface area contributed by atoms with Crippen LogP contribution < -0.4 is 11.1 Å². The molecule has 2 atom stereocenters. The Morgan fingerprint density at radius 2 is 2.21 bits per heavy atom. The molecule has 1 aromatic heterocycles. The average molecular weight is 212 g/mol. The summed E-state index contributed by atoms with van der Waals surface area (Å²) in [6.45, 7) is 1.42. The van der Waals surface area contributed by atoms with E-state index in [0.29, 0.717) is 17.4 Å². The number of nitrogens with zero attached hydrogens (tertiary/aromatic N) is 2. The van der Waals surface area contributed by atoms with Gasteiger partial charge in [-0.1, -0.05) is 11.8 Å². The molecule has 4 N–H and O–H groups in total. The van der Waals surface area contributed by atoms with E-state index in [1.54, 1.807) is 12.4 Å². The van der Waals surface area contributed by atoms with Gasteiger partial charge in [-0.2, -0.15) is 0 Å². The molecule has 1 aliphatic heterocycles. The molecule has 2 rings (SSSR count). The Balaban J connectivity index is 2.07. The van der Waals surface area contributed by atoms with E-state index in [1.165, 1.54) is 11.8 Å². The first kappa shape index (κ1) is 9.70. The van der Waals surface area contributed by atoms with Gasteiger partial charge in [0.25, 0.3) is 0 Å². The number of β-amino-alcohol motifs (C(OH)–C–C–N with tert-alkyl or cyclic N) is 1. The minimum atomic E-state index is -0.332. The molecule has 2 heterocycles. The highest BCUT2D eigenvalue weighted by molar-refractivity contribution is 8.00. The first-order chi connectivity index (χ1) is 6.77. The van der Waals surface area contributed by atoms with Crippen LogP contribution in [0.2, 0.25) is 0 Å². The van der Waals surface area contributed by atoms with Crippen molar-refractivity contribution in [1.82, 2.24) is 15.3 Å². The van der Waals surface area contributed by atoms with E-state index in [4.69, 9.17) is 5.73 Å². The number of nitrogen functional groups attached to an aromatic ring is 1. The summed E-state index contributed by atoms with van der Waals surface area (Å²) in [4.78, 5) is 8.05. The van der Waals surface area contributed by atoms with Crippen molar-refractivity contribution in [3.05, 3.63) is 12.4 Å². The molecule has 6 heteroatoms. The van der Waals surface area contributed by atoms with Gasteiger partial charge in [0.05, 0.1) is 11.4 Å². The molecule has 1 fully saturated rings. The van der Waals surface area contributed by atoms with Crippen LogP contribution in [-0.4, -0.2) is 39.5 Å². The largest absolute Gasteiger partial charge is 0.391 e. The molecule has 14 heavy (non-hydrogen) atoms. The fraction of sp³-hybridized carbons (Fsp3) is 0.500. The number of hydrogen-bond acceptors (Lipinski definition) is 6. The molecule has 0 aromatic carbocycles. The van der Waals surface area contributed by atoms with Crippen LogP contribution in [0.3, 0.4) is 0 Å². The zero-order valence-corrected chi connectivity index (χ0v) is 8.37. The van der Waals surface area contributed by atoms with Crippen LogP contribution >= 0.6 is 11.8 Å². The Bertz CT molecular complexity index is 322. The van der Waals surface area contributed by atoms with E-state index in [0.717, 1.165) is 6.54 Å². The van der Waals surface area contributed by atoms with Crippen molar-refractivity contribution in [2.75, 3.05) is 18.8 Å². The van der Waals surface area contributed by atoms with Crippen molar-refractivity contribution in [3.63, 3.8) is 0 Å². The van der Waals surface area contributed by atoms with Crippen molar-refractivity contribution in [3.8, 4) is 0 Å². The van der Waals surface area contributed by atoms with E-state index in [9.17, 15) is 5.11 Å². The lowest BCUT2D eigenvalue weighted by molar-refractivity contribution is 0.201. The van der Waals surface area contributed by atoms with Crippen LogP contribution in [-0.2, 0) is 0 Å². The molecule has 0 amide bonds. The Kier molecular flexibility index (Phi) is 2.85. The number of nitrogens with two attached hydrogens (primary N) is 1. The fourth-order valence-corrected chi connectivity index (χ4v) is 2.37. The summed E-state index contributed by atoms with van der Waals surface area (Å²) >= 11 is 1.47. The third kappa shape index (κ3) is 1.97. The van der Waals surface area contributed by atoms with Crippen LogP contribution in [0.4, 0.5) is 5.82 Å². The lowest BCUT2D eigenvalue weighted by atomic mass is 10.3. The highest BCUT2D eigenvalue weighted by Gasteiger charge is 2.26. The van der Waals surface area contributed by atoms with Crippen LogP contribution in [0.5, 0.6) is 0 Å².